The third-order valence-electron chi connectivity index (χ3n) is 3.61. The number of nitrogens with zero attached hydrogens (tertiary/aromatic N) is 2. The van der Waals surface area contributed by atoms with Gasteiger partial charge in [-0.05, 0) is 19.3 Å². The van der Waals surface area contributed by atoms with Gasteiger partial charge in [0.05, 0.1) is 6.20 Å². The normalized spacial score (nSPS) is 22.5. The molecule has 7 heteroatoms. The maximum atomic E-state index is 12.3. The lowest BCUT2D eigenvalue weighted by Gasteiger charge is -2.33. The number of carbonyl (C=O) groups excluding carboxylic acids is 1. The maximum absolute atomic E-state index is 12.3. The van der Waals surface area contributed by atoms with Crippen molar-refractivity contribution in [2.45, 2.75) is 31.7 Å². The molecular weight excluding hydrogens is 250 g/mol. The number of amides is 1. The number of aromatic amines is 1. The number of carboxylic acid groups (broad SMARTS) is 1. The number of hydrogen-bond acceptors (Lipinski definition) is 4. The van der Waals surface area contributed by atoms with Crippen molar-refractivity contribution in [3.8, 4) is 0 Å². The molecule has 1 unspecified atom stereocenters. The highest BCUT2D eigenvalue weighted by molar-refractivity contribution is 5.96. The lowest BCUT2D eigenvalue weighted by atomic mass is 9.93. The molecule has 0 spiro atoms. The molecule has 2 rings (SSSR count). The first kappa shape index (κ1) is 13.3. The Bertz CT molecular complexity index is 548. The molecule has 0 bridgehead atoms. The molecule has 1 aromatic heterocycles. The lowest BCUT2D eigenvalue weighted by molar-refractivity contribution is -0.148. The van der Waals surface area contributed by atoms with Gasteiger partial charge >= 0.3 is 5.97 Å². The van der Waals surface area contributed by atoms with E-state index in [0.717, 1.165) is 6.20 Å². The molecule has 1 saturated heterocycles. The molecule has 0 radical (unpaired) electrons. The summed E-state index contributed by atoms with van der Waals surface area (Å²) in [7, 11) is 0. The van der Waals surface area contributed by atoms with Crippen molar-refractivity contribution in [3.05, 3.63) is 28.4 Å². The van der Waals surface area contributed by atoms with E-state index in [1.807, 2.05) is 0 Å². The highest BCUT2D eigenvalue weighted by Crippen LogP contribution is 2.33. The number of aliphatic carboxylic acids is 1. The van der Waals surface area contributed by atoms with E-state index in [1.165, 1.54) is 11.1 Å². The van der Waals surface area contributed by atoms with Crippen LogP contribution >= 0.6 is 0 Å². The number of hydrogen-bond donors (Lipinski definition) is 2. The van der Waals surface area contributed by atoms with Crippen LogP contribution in [0.1, 0.15) is 36.7 Å². The van der Waals surface area contributed by atoms with Crippen LogP contribution < -0.4 is 5.56 Å². The molecule has 102 valence electrons. The van der Waals surface area contributed by atoms with Crippen LogP contribution in [0.4, 0.5) is 0 Å². The van der Waals surface area contributed by atoms with Gasteiger partial charge in [0.2, 0.25) is 0 Å². The number of aromatic nitrogens is 2. The highest BCUT2D eigenvalue weighted by atomic mass is 16.4. The summed E-state index contributed by atoms with van der Waals surface area (Å²) in [5, 5.41) is 9.40. The first-order valence-corrected chi connectivity index (χ1v) is 6.11. The molecule has 7 nitrogen and oxygen atoms in total. The third-order valence-corrected chi connectivity index (χ3v) is 3.61. The van der Waals surface area contributed by atoms with Gasteiger partial charge in [0.1, 0.15) is 11.2 Å². The number of nitrogens with one attached hydrogen (secondary N) is 1. The van der Waals surface area contributed by atoms with Crippen molar-refractivity contribution in [1.29, 1.82) is 0 Å². The van der Waals surface area contributed by atoms with Crippen LogP contribution in [0.25, 0.3) is 0 Å². The van der Waals surface area contributed by atoms with Gasteiger partial charge < -0.3 is 15.0 Å². The van der Waals surface area contributed by atoms with Crippen molar-refractivity contribution in [2.75, 3.05) is 6.54 Å². The number of carboxylic acids is 1. The van der Waals surface area contributed by atoms with E-state index in [0.29, 0.717) is 25.8 Å². The van der Waals surface area contributed by atoms with Crippen LogP contribution in [0.2, 0.25) is 0 Å². The summed E-state index contributed by atoms with van der Waals surface area (Å²) in [6.07, 6.45) is 3.66. The Labute approximate surface area is 109 Å². The van der Waals surface area contributed by atoms with E-state index in [-0.39, 0.29) is 5.69 Å². The predicted molar refractivity (Wildman–Crippen MR) is 65.8 cm³/mol. The fourth-order valence-corrected chi connectivity index (χ4v) is 2.51. The zero-order valence-corrected chi connectivity index (χ0v) is 10.5. The molecule has 0 aromatic carbocycles. The van der Waals surface area contributed by atoms with Gasteiger partial charge in [-0.2, -0.15) is 0 Å². The summed E-state index contributed by atoms with van der Waals surface area (Å²) in [5.74, 6) is -1.46. The standard InChI is InChI=1S/C12H15N3O4/c1-2-12(11(18)19)4-3-5-15(12)10(17)8-6-14-9(16)7-13-8/h6-7H,2-5H2,1H3,(H,14,16)(H,18,19). The van der Waals surface area contributed by atoms with Crippen molar-refractivity contribution in [2.24, 2.45) is 0 Å². The maximum Gasteiger partial charge on any atom is 0.329 e. The van der Waals surface area contributed by atoms with Gasteiger partial charge in [-0.15, -0.1) is 0 Å². The van der Waals surface area contributed by atoms with Gasteiger partial charge in [0, 0.05) is 12.7 Å². The lowest BCUT2D eigenvalue weighted by Crippen LogP contribution is -2.52. The minimum absolute atomic E-state index is 0.0561. The zero-order valence-electron chi connectivity index (χ0n) is 10.5. The molecule has 2 heterocycles. The van der Waals surface area contributed by atoms with Crippen LogP contribution in [-0.2, 0) is 4.79 Å². The molecule has 2 N–H and O–H groups in total. The summed E-state index contributed by atoms with van der Waals surface area (Å²) in [5.41, 5.74) is -1.51. The van der Waals surface area contributed by atoms with Crippen molar-refractivity contribution < 1.29 is 14.7 Å². The number of carbonyl (C=O) groups is 2. The minimum atomic E-state index is -1.16. The topological polar surface area (TPSA) is 103 Å². The number of likely N-dealkylation sites (tertiary alicyclic amines) is 1. The largest absolute Gasteiger partial charge is 0.479 e. The second-order valence-electron chi connectivity index (χ2n) is 4.55. The van der Waals surface area contributed by atoms with E-state index < -0.39 is 23.0 Å². The monoisotopic (exact) mass is 265 g/mol. The summed E-state index contributed by atoms with van der Waals surface area (Å²) in [6.45, 7) is 2.14. The van der Waals surface area contributed by atoms with Crippen molar-refractivity contribution in [1.82, 2.24) is 14.9 Å². The molecule has 1 aliphatic heterocycles. The average molecular weight is 265 g/mol. The summed E-state index contributed by atoms with van der Waals surface area (Å²) in [4.78, 5) is 42.2. The first-order chi connectivity index (χ1) is 9.01. The fraction of sp³-hybridized carbons (Fsp3) is 0.500. The third kappa shape index (κ3) is 2.11. The Morgan fingerprint density at radius 2 is 2.32 bits per heavy atom. The molecule has 0 saturated carbocycles. The average Bonchev–Trinajstić information content (AvgIpc) is 2.83. The molecule has 1 fully saturated rings. The molecule has 19 heavy (non-hydrogen) atoms. The predicted octanol–water partition coefficient (Wildman–Crippen LogP) is 0.239. The summed E-state index contributed by atoms with van der Waals surface area (Å²) >= 11 is 0. The van der Waals surface area contributed by atoms with E-state index in [9.17, 15) is 19.5 Å². The Kier molecular flexibility index (Phi) is 3.37. The highest BCUT2D eigenvalue weighted by Gasteiger charge is 2.48. The van der Waals surface area contributed by atoms with Crippen molar-refractivity contribution >= 4 is 11.9 Å². The van der Waals surface area contributed by atoms with Crippen molar-refractivity contribution in [3.63, 3.8) is 0 Å². The van der Waals surface area contributed by atoms with E-state index >= 15 is 0 Å². The Balaban J connectivity index is 2.35. The zero-order chi connectivity index (χ0) is 14.0. The van der Waals surface area contributed by atoms with E-state index in [2.05, 4.69) is 9.97 Å². The van der Waals surface area contributed by atoms with Gasteiger partial charge in [-0.3, -0.25) is 9.59 Å². The van der Waals surface area contributed by atoms with Crippen LogP contribution in [0.5, 0.6) is 0 Å². The SMILES string of the molecule is CCC1(C(=O)O)CCCN1C(=O)c1c[nH]c(=O)cn1. The van der Waals surface area contributed by atoms with Gasteiger partial charge in [-0.25, -0.2) is 9.78 Å². The Morgan fingerprint density at radius 3 is 2.84 bits per heavy atom. The van der Waals surface area contributed by atoms with Gasteiger partial charge in [0.15, 0.2) is 0 Å². The molecule has 0 aliphatic carbocycles. The second kappa shape index (κ2) is 4.83. The quantitative estimate of drug-likeness (QED) is 0.814. The Hall–Kier alpha value is -2.18. The van der Waals surface area contributed by atoms with Crippen LogP contribution in [0.3, 0.4) is 0 Å². The first-order valence-electron chi connectivity index (χ1n) is 6.11. The Morgan fingerprint density at radius 1 is 1.58 bits per heavy atom. The van der Waals surface area contributed by atoms with E-state index in [4.69, 9.17) is 0 Å². The molecule has 1 atom stereocenters. The molecule has 1 amide bonds. The van der Waals surface area contributed by atoms with Gasteiger partial charge in [-0.1, -0.05) is 6.92 Å². The number of rotatable bonds is 3. The fourth-order valence-electron chi connectivity index (χ4n) is 2.51. The molecule has 1 aliphatic rings. The van der Waals surface area contributed by atoms with Crippen LogP contribution in [0, 0.1) is 0 Å². The smallest absolute Gasteiger partial charge is 0.329 e. The number of H-pyrrole nitrogens is 1. The minimum Gasteiger partial charge on any atom is -0.479 e. The molecule has 1 aromatic rings. The van der Waals surface area contributed by atoms with Gasteiger partial charge in [0.25, 0.3) is 11.5 Å². The van der Waals surface area contributed by atoms with E-state index in [1.54, 1.807) is 6.92 Å². The summed E-state index contributed by atoms with van der Waals surface area (Å²) in [6, 6.07) is 0. The second-order valence-corrected chi connectivity index (χ2v) is 4.55. The van der Waals surface area contributed by atoms with Crippen LogP contribution in [-0.4, -0.2) is 43.9 Å². The summed E-state index contributed by atoms with van der Waals surface area (Å²) < 4.78 is 0. The van der Waals surface area contributed by atoms with Crippen LogP contribution in [0.15, 0.2) is 17.2 Å². The molecular formula is C12H15N3O4.